The summed E-state index contributed by atoms with van der Waals surface area (Å²) in [5.74, 6) is -0.980. The molecule has 2 rings (SSSR count). The summed E-state index contributed by atoms with van der Waals surface area (Å²) in [5.41, 5.74) is 2.63. The van der Waals surface area contributed by atoms with Gasteiger partial charge in [0.2, 0.25) is 0 Å². The smallest absolute Gasteiger partial charge is 0.387 e. The first-order valence-corrected chi connectivity index (χ1v) is 8.40. The molecule has 0 aliphatic rings. The van der Waals surface area contributed by atoms with Crippen LogP contribution in [0.5, 0.6) is 5.75 Å². The molecule has 2 aromatic rings. The van der Waals surface area contributed by atoms with Gasteiger partial charge >= 0.3 is 12.6 Å². The number of hydrogen-bond donors (Lipinski definition) is 1. The maximum absolute atomic E-state index is 12.1. The second-order valence-corrected chi connectivity index (χ2v) is 6.03. The van der Waals surface area contributed by atoms with Gasteiger partial charge in [0.25, 0.3) is 5.91 Å². The number of ether oxygens (including phenoxy) is 2. The number of amides is 1. The molecule has 0 bridgehead atoms. The van der Waals surface area contributed by atoms with Crippen molar-refractivity contribution in [3.05, 3.63) is 65.2 Å². The minimum absolute atomic E-state index is 0.00553. The molecule has 144 valence electrons. The molecule has 0 spiro atoms. The van der Waals surface area contributed by atoms with Gasteiger partial charge in [0, 0.05) is 6.54 Å². The van der Waals surface area contributed by atoms with Crippen molar-refractivity contribution in [2.75, 3.05) is 0 Å². The Labute approximate surface area is 156 Å². The Hall–Kier alpha value is -2.96. The number of hydrogen-bond acceptors (Lipinski definition) is 4. The van der Waals surface area contributed by atoms with Gasteiger partial charge in [-0.05, 0) is 37.1 Å². The van der Waals surface area contributed by atoms with Gasteiger partial charge in [-0.3, -0.25) is 9.59 Å². The van der Waals surface area contributed by atoms with Crippen LogP contribution >= 0.6 is 0 Å². The minimum atomic E-state index is -2.90. The van der Waals surface area contributed by atoms with Crippen LogP contribution in [0.1, 0.15) is 23.6 Å². The van der Waals surface area contributed by atoms with Gasteiger partial charge in [0.15, 0.2) is 6.10 Å². The van der Waals surface area contributed by atoms with Gasteiger partial charge in [0.05, 0.1) is 6.42 Å². The van der Waals surface area contributed by atoms with Gasteiger partial charge in [-0.15, -0.1) is 0 Å². The molecule has 1 N–H and O–H groups in total. The number of halogens is 2. The number of carbonyl (C=O) groups excluding carboxylic acids is 2. The van der Waals surface area contributed by atoms with Gasteiger partial charge in [0.1, 0.15) is 5.75 Å². The van der Waals surface area contributed by atoms with Crippen LogP contribution in [-0.2, 0) is 27.3 Å². The van der Waals surface area contributed by atoms with E-state index in [9.17, 15) is 18.4 Å². The zero-order chi connectivity index (χ0) is 19.8. The number of carbonyl (C=O) groups is 2. The van der Waals surface area contributed by atoms with E-state index in [-0.39, 0.29) is 12.2 Å². The summed E-state index contributed by atoms with van der Waals surface area (Å²) in [7, 11) is 0. The van der Waals surface area contributed by atoms with Crippen LogP contribution in [0.4, 0.5) is 8.78 Å². The Bertz CT molecular complexity index is 761. The minimum Gasteiger partial charge on any atom is -0.452 e. The van der Waals surface area contributed by atoms with Crippen LogP contribution in [-0.4, -0.2) is 24.6 Å². The second-order valence-electron chi connectivity index (χ2n) is 6.03. The Morgan fingerprint density at radius 2 is 1.59 bits per heavy atom. The van der Waals surface area contributed by atoms with E-state index in [2.05, 4.69) is 10.1 Å². The van der Waals surface area contributed by atoms with Crippen molar-refractivity contribution in [3.8, 4) is 5.75 Å². The van der Waals surface area contributed by atoms with Crippen LogP contribution in [0.2, 0.25) is 0 Å². The van der Waals surface area contributed by atoms with Crippen molar-refractivity contribution in [3.63, 3.8) is 0 Å². The third kappa shape index (κ3) is 7.05. The van der Waals surface area contributed by atoms with E-state index in [4.69, 9.17) is 4.74 Å². The van der Waals surface area contributed by atoms with Crippen LogP contribution in [0.15, 0.2) is 48.5 Å². The van der Waals surface area contributed by atoms with Crippen LogP contribution in [0.25, 0.3) is 0 Å². The SMILES string of the molecule is Cc1ccc(CNC(=O)C(C)OC(=O)Cc2ccc(OC(F)F)cc2)cc1. The fraction of sp³-hybridized carbons (Fsp3) is 0.300. The van der Waals surface area contributed by atoms with Gasteiger partial charge < -0.3 is 14.8 Å². The quantitative estimate of drug-likeness (QED) is 0.717. The molecule has 0 aromatic heterocycles. The number of nitrogens with one attached hydrogen (secondary N) is 1. The maximum atomic E-state index is 12.1. The molecule has 0 saturated heterocycles. The molecule has 7 heteroatoms. The summed E-state index contributed by atoms with van der Waals surface area (Å²) in [6.45, 7) is 0.901. The van der Waals surface area contributed by atoms with E-state index in [0.717, 1.165) is 11.1 Å². The molecule has 0 aliphatic carbocycles. The molecule has 5 nitrogen and oxygen atoms in total. The van der Waals surface area contributed by atoms with Gasteiger partial charge in [-0.25, -0.2) is 0 Å². The van der Waals surface area contributed by atoms with E-state index in [0.29, 0.717) is 12.1 Å². The highest BCUT2D eigenvalue weighted by Gasteiger charge is 2.17. The second kappa shape index (κ2) is 9.66. The number of benzene rings is 2. The molecular formula is C20H21F2NO4. The van der Waals surface area contributed by atoms with Crippen LogP contribution in [0, 0.1) is 6.92 Å². The summed E-state index contributed by atoms with van der Waals surface area (Å²) in [6.07, 6.45) is -1.02. The van der Waals surface area contributed by atoms with Crippen LogP contribution < -0.4 is 10.1 Å². The van der Waals surface area contributed by atoms with E-state index < -0.39 is 24.6 Å². The molecule has 1 unspecified atom stereocenters. The molecule has 2 aromatic carbocycles. The fourth-order valence-electron chi connectivity index (χ4n) is 2.29. The van der Waals surface area contributed by atoms with E-state index >= 15 is 0 Å². The van der Waals surface area contributed by atoms with Crippen molar-refractivity contribution in [1.29, 1.82) is 0 Å². The highest BCUT2D eigenvalue weighted by atomic mass is 19.3. The van der Waals surface area contributed by atoms with Crippen molar-refractivity contribution >= 4 is 11.9 Å². The predicted molar refractivity (Wildman–Crippen MR) is 95.4 cm³/mol. The zero-order valence-electron chi connectivity index (χ0n) is 15.1. The van der Waals surface area contributed by atoms with Gasteiger partial charge in [-0.1, -0.05) is 42.0 Å². The molecule has 1 atom stereocenters. The monoisotopic (exact) mass is 377 g/mol. The Morgan fingerprint density at radius 3 is 2.19 bits per heavy atom. The fourth-order valence-corrected chi connectivity index (χ4v) is 2.29. The van der Waals surface area contributed by atoms with Crippen LogP contribution in [0.3, 0.4) is 0 Å². The lowest BCUT2D eigenvalue weighted by atomic mass is 10.1. The normalized spacial score (nSPS) is 11.7. The number of esters is 1. The van der Waals surface area contributed by atoms with Crippen molar-refractivity contribution in [2.24, 2.45) is 0 Å². The molecule has 27 heavy (non-hydrogen) atoms. The zero-order valence-corrected chi connectivity index (χ0v) is 15.1. The molecule has 0 aliphatic heterocycles. The maximum Gasteiger partial charge on any atom is 0.387 e. The number of rotatable bonds is 8. The Balaban J connectivity index is 1.78. The first-order valence-electron chi connectivity index (χ1n) is 8.40. The third-order valence-electron chi connectivity index (χ3n) is 3.76. The van der Waals surface area contributed by atoms with E-state index in [1.807, 2.05) is 31.2 Å². The highest BCUT2D eigenvalue weighted by molar-refractivity contribution is 5.83. The summed E-state index contributed by atoms with van der Waals surface area (Å²) in [4.78, 5) is 24.0. The standard InChI is InChI=1S/C20H21F2NO4/c1-13-3-5-16(6-4-13)12-23-19(25)14(2)26-18(24)11-15-7-9-17(10-8-15)27-20(21)22/h3-10,14,20H,11-12H2,1-2H3,(H,23,25). The molecular weight excluding hydrogens is 356 g/mol. The topological polar surface area (TPSA) is 64.6 Å². The lowest BCUT2D eigenvalue weighted by Gasteiger charge is -2.14. The summed E-state index contributed by atoms with van der Waals surface area (Å²) >= 11 is 0. The average Bonchev–Trinajstić information content (AvgIpc) is 2.62. The molecule has 0 saturated carbocycles. The predicted octanol–water partition coefficient (Wildman–Crippen LogP) is 3.39. The van der Waals surface area contributed by atoms with E-state index in [1.165, 1.54) is 31.2 Å². The Kier molecular flexibility index (Phi) is 7.28. The number of aryl methyl sites for hydroxylation is 1. The van der Waals surface area contributed by atoms with Gasteiger partial charge in [-0.2, -0.15) is 8.78 Å². The first kappa shape index (κ1) is 20.4. The summed E-state index contributed by atoms with van der Waals surface area (Å²) < 4.78 is 33.6. The largest absolute Gasteiger partial charge is 0.452 e. The first-order chi connectivity index (χ1) is 12.8. The lowest BCUT2D eigenvalue weighted by molar-refractivity contribution is -0.154. The summed E-state index contributed by atoms with van der Waals surface area (Å²) in [5, 5.41) is 2.71. The van der Waals surface area contributed by atoms with Crippen molar-refractivity contribution < 1.29 is 27.8 Å². The Morgan fingerprint density at radius 1 is 1.00 bits per heavy atom. The van der Waals surface area contributed by atoms with Crippen molar-refractivity contribution in [2.45, 2.75) is 39.5 Å². The molecule has 0 radical (unpaired) electrons. The van der Waals surface area contributed by atoms with Crippen molar-refractivity contribution in [1.82, 2.24) is 5.32 Å². The molecule has 0 fully saturated rings. The third-order valence-corrected chi connectivity index (χ3v) is 3.76. The lowest BCUT2D eigenvalue weighted by Crippen LogP contribution is -2.35. The van der Waals surface area contributed by atoms with E-state index in [1.54, 1.807) is 0 Å². The summed E-state index contributed by atoms with van der Waals surface area (Å²) in [6, 6.07) is 13.4. The molecule has 0 heterocycles. The average molecular weight is 377 g/mol. The highest BCUT2D eigenvalue weighted by Crippen LogP contribution is 2.15. The molecule has 1 amide bonds. The number of alkyl halides is 2.